The third-order valence-corrected chi connectivity index (χ3v) is 6.00. The van der Waals surface area contributed by atoms with Crippen LogP contribution in [0.5, 0.6) is 0 Å². The van der Waals surface area contributed by atoms with Gasteiger partial charge in [0.1, 0.15) is 6.29 Å². The lowest BCUT2D eigenvalue weighted by Gasteiger charge is -2.21. The molecule has 0 fully saturated rings. The Labute approximate surface area is 176 Å². The Morgan fingerprint density at radius 1 is 1.29 bits per heavy atom. The predicted molar refractivity (Wildman–Crippen MR) is 116 cm³/mol. The molecule has 2 unspecified atom stereocenters. The molecular formula is C22H25Cl2N3O. The average molecular weight is 418 g/mol. The van der Waals surface area contributed by atoms with Crippen molar-refractivity contribution in [2.45, 2.75) is 38.5 Å². The molecule has 0 aliphatic carbocycles. The van der Waals surface area contributed by atoms with Gasteiger partial charge in [-0.1, -0.05) is 35.3 Å². The Balaban J connectivity index is 1.84. The third kappa shape index (κ3) is 4.47. The van der Waals surface area contributed by atoms with Crippen molar-refractivity contribution in [3.8, 4) is 0 Å². The molecule has 4 nitrogen and oxygen atoms in total. The van der Waals surface area contributed by atoms with Crippen LogP contribution in [0.4, 0.5) is 0 Å². The van der Waals surface area contributed by atoms with Gasteiger partial charge < -0.3 is 15.1 Å². The van der Waals surface area contributed by atoms with E-state index in [2.05, 4.69) is 16.7 Å². The highest BCUT2D eigenvalue weighted by Crippen LogP contribution is 2.39. The van der Waals surface area contributed by atoms with E-state index in [-0.39, 0.29) is 12.1 Å². The topological polar surface area (TPSA) is 47.4 Å². The van der Waals surface area contributed by atoms with Gasteiger partial charge in [-0.25, -0.2) is 0 Å². The van der Waals surface area contributed by atoms with Crippen LogP contribution in [0.25, 0.3) is 0 Å². The summed E-state index contributed by atoms with van der Waals surface area (Å²) in [5.41, 5.74) is 4.37. The van der Waals surface area contributed by atoms with Crippen molar-refractivity contribution in [1.29, 1.82) is 5.41 Å². The molecule has 0 bridgehead atoms. The van der Waals surface area contributed by atoms with Gasteiger partial charge >= 0.3 is 0 Å². The van der Waals surface area contributed by atoms with E-state index in [9.17, 15) is 4.79 Å². The van der Waals surface area contributed by atoms with Crippen LogP contribution in [-0.4, -0.2) is 41.9 Å². The molecule has 148 valence electrons. The fourth-order valence-electron chi connectivity index (χ4n) is 3.54. The Bertz CT molecular complexity index is 880. The van der Waals surface area contributed by atoms with Crippen LogP contribution in [0, 0.1) is 5.41 Å². The average Bonchev–Trinajstić information content (AvgIpc) is 3.00. The molecule has 6 heteroatoms. The Kier molecular flexibility index (Phi) is 6.56. The highest BCUT2D eigenvalue weighted by Gasteiger charge is 2.32. The van der Waals surface area contributed by atoms with E-state index in [4.69, 9.17) is 28.6 Å². The van der Waals surface area contributed by atoms with Crippen LogP contribution in [0.15, 0.2) is 36.4 Å². The summed E-state index contributed by atoms with van der Waals surface area (Å²) in [6, 6.07) is 11.4. The van der Waals surface area contributed by atoms with Crippen LogP contribution in [0.3, 0.4) is 0 Å². The SMILES string of the molecule is CC(CC(=N)c1cc(Cl)c2c(c1)CN(Cc1ccc(Cl)cc1)C2C=O)N(C)C. The molecule has 0 saturated carbocycles. The second-order valence-corrected chi connectivity index (χ2v) is 8.48. The van der Waals surface area contributed by atoms with Crippen LogP contribution < -0.4 is 0 Å². The first-order valence-electron chi connectivity index (χ1n) is 9.30. The van der Waals surface area contributed by atoms with E-state index >= 15 is 0 Å². The second kappa shape index (κ2) is 8.75. The number of aldehydes is 1. The van der Waals surface area contributed by atoms with Gasteiger partial charge in [0, 0.05) is 41.3 Å². The molecule has 2 aromatic rings. The van der Waals surface area contributed by atoms with Gasteiger partial charge in [-0.2, -0.15) is 0 Å². The smallest absolute Gasteiger partial charge is 0.141 e. The Hall–Kier alpha value is -1.72. The summed E-state index contributed by atoms with van der Waals surface area (Å²) in [6.45, 7) is 3.36. The number of nitrogens with one attached hydrogen (secondary N) is 1. The van der Waals surface area contributed by atoms with Gasteiger partial charge in [0.2, 0.25) is 0 Å². The van der Waals surface area contributed by atoms with Gasteiger partial charge in [-0.3, -0.25) is 4.90 Å². The van der Waals surface area contributed by atoms with E-state index in [0.29, 0.717) is 35.3 Å². The largest absolute Gasteiger partial charge is 0.306 e. The van der Waals surface area contributed by atoms with Crippen LogP contribution in [-0.2, 0) is 17.9 Å². The van der Waals surface area contributed by atoms with Gasteiger partial charge in [0.15, 0.2) is 0 Å². The van der Waals surface area contributed by atoms with Gasteiger partial charge in [0.05, 0.1) is 6.04 Å². The standard InChI is InChI=1S/C22H25Cl2N3O/c1-14(26(2)3)8-20(25)16-9-17-12-27(11-15-4-6-18(23)7-5-15)21(13-28)22(17)19(24)10-16/h4-7,9-10,13-14,21,25H,8,11-12H2,1-3H3. The third-order valence-electron chi connectivity index (χ3n) is 5.44. The maximum atomic E-state index is 11.8. The zero-order valence-corrected chi connectivity index (χ0v) is 17.9. The number of halogens is 2. The lowest BCUT2D eigenvalue weighted by molar-refractivity contribution is -0.112. The maximum absolute atomic E-state index is 11.8. The molecule has 3 rings (SSSR count). The number of carbonyl (C=O) groups is 1. The lowest BCUT2D eigenvalue weighted by Crippen LogP contribution is -2.27. The summed E-state index contributed by atoms with van der Waals surface area (Å²) in [6.07, 6.45) is 1.60. The van der Waals surface area contributed by atoms with Crippen molar-refractivity contribution < 1.29 is 4.79 Å². The van der Waals surface area contributed by atoms with Crippen molar-refractivity contribution in [1.82, 2.24) is 9.80 Å². The van der Waals surface area contributed by atoms with E-state index in [1.807, 2.05) is 50.5 Å². The minimum absolute atomic E-state index is 0.267. The van der Waals surface area contributed by atoms with Crippen LogP contribution >= 0.6 is 23.2 Å². The summed E-state index contributed by atoms with van der Waals surface area (Å²) in [5, 5.41) is 9.73. The fraction of sp³-hybridized carbons (Fsp3) is 0.364. The van der Waals surface area contributed by atoms with Crippen molar-refractivity contribution in [2.24, 2.45) is 0 Å². The molecular weight excluding hydrogens is 393 g/mol. The van der Waals surface area contributed by atoms with Crippen LogP contribution in [0.2, 0.25) is 10.0 Å². The Morgan fingerprint density at radius 2 is 1.96 bits per heavy atom. The summed E-state index contributed by atoms with van der Waals surface area (Å²) in [7, 11) is 4.02. The predicted octanol–water partition coefficient (Wildman–Crippen LogP) is 4.96. The maximum Gasteiger partial charge on any atom is 0.141 e. The molecule has 0 aromatic heterocycles. The van der Waals surface area contributed by atoms with Crippen molar-refractivity contribution >= 4 is 35.2 Å². The normalized spacial score (nSPS) is 17.6. The first-order valence-corrected chi connectivity index (χ1v) is 10.1. The first kappa shape index (κ1) is 21.0. The number of benzene rings is 2. The summed E-state index contributed by atoms with van der Waals surface area (Å²) in [4.78, 5) is 16.0. The number of hydrogen-bond acceptors (Lipinski definition) is 4. The number of nitrogens with zero attached hydrogens (tertiary/aromatic N) is 2. The number of fused-ring (bicyclic) bond motifs is 1. The highest BCUT2D eigenvalue weighted by molar-refractivity contribution is 6.32. The molecule has 1 aliphatic rings. The molecule has 1 aliphatic heterocycles. The summed E-state index contributed by atoms with van der Waals surface area (Å²) < 4.78 is 0. The van der Waals surface area contributed by atoms with E-state index in [1.54, 1.807) is 0 Å². The van der Waals surface area contributed by atoms with Crippen molar-refractivity contribution in [3.05, 3.63) is 68.7 Å². The zero-order chi connectivity index (χ0) is 20.4. The molecule has 1 N–H and O–H groups in total. The zero-order valence-electron chi connectivity index (χ0n) is 16.4. The first-order chi connectivity index (χ1) is 13.3. The highest BCUT2D eigenvalue weighted by atomic mass is 35.5. The second-order valence-electron chi connectivity index (χ2n) is 7.64. The molecule has 28 heavy (non-hydrogen) atoms. The Morgan fingerprint density at radius 3 is 2.57 bits per heavy atom. The van der Waals surface area contributed by atoms with Gasteiger partial charge in [0.25, 0.3) is 0 Å². The molecule has 0 amide bonds. The molecule has 2 aromatic carbocycles. The van der Waals surface area contributed by atoms with E-state index in [0.717, 1.165) is 28.5 Å². The molecule has 0 spiro atoms. The molecule has 0 saturated heterocycles. The summed E-state index contributed by atoms with van der Waals surface area (Å²) >= 11 is 12.5. The van der Waals surface area contributed by atoms with E-state index < -0.39 is 0 Å². The fourth-order valence-corrected chi connectivity index (χ4v) is 4.02. The summed E-state index contributed by atoms with van der Waals surface area (Å²) in [5.74, 6) is 0. The molecule has 1 heterocycles. The van der Waals surface area contributed by atoms with Crippen molar-refractivity contribution in [3.63, 3.8) is 0 Å². The van der Waals surface area contributed by atoms with Crippen molar-refractivity contribution in [2.75, 3.05) is 14.1 Å². The molecule has 0 radical (unpaired) electrons. The number of rotatable bonds is 7. The quantitative estimate of drug-likeness (QED) is 0.511. The van der Waals surface area contributed by atoms with Gasteiger partial charge in [-0.15, -0.1) is 0 Å². The lowest BCUT2D eigenvalue weighted by atomic mass is 9.97. The number of hydrogen-bond donors (Lipinski definition) is 1. The monoisotopic (exact) mass is 417 g/mol. The molecule has 2 atom stereocenters. The van der Waals surface area contributed by atoms with E-state index in [1.165, 1.54) is 0 Å². The van der Waals surface area contributed by atoms with Crippen LogP contribution in [0.1, 0.15) is 41.6 Å². The number of carbonyl (C=O) groups excluding carboxylic acids is 1. The minimum Gasteiger partial charge on any atom is -0.306 e. The van der Waals surface area contributed by atoms with Gasteiger partial charge in [-0.05, 0) is 67.5 Å². The minimum atomic E-state index is -0.373.